The van der Waals surface area contributed by atoms with Crippen molar-refractivity contribution in [1.29, 1.82) is 0 Å². The molecule has 24 heavy (non-hydrogen) atoms. The van der Waals surface area contributed by atoms with Crippen LogP contribution in [0.5, 0.6) is 0 Å². The molecule has 0 amide bonds. The maximum absolute atomic E-state index is 10.5. The molecule has 3 rings (SSSR count). The van der Waals surface area contributed by atoms with Crippen molar-refractivity contribution in [2.24, 2.45) is 0 Å². The van der Waals surface area contributed by atoms with E-state index >= 15 is 0 Å². The third-order valence-corrected chi connectivity index (χ3v) is 4.38. The molecule has 1 aromatic heterocycles. The molecule has 2 unspecified atom stereocenters. The van der Waals surface area contributed by atoms with Gasteiger partial charge in [0.2, 0.25) is 0 Å². The Balaban J connectivity index is 1.68. The van der Waals surface area contributed by atoms with Crippen LogP contribution < -0.4 is 5.32 Å². The third-order valence-electron chi connectivity index (χ3n) is 4.38. The summed E-state index contributed by atoms with van der Waals surface area (Å²) in [5.74, 6) is 0.777. The second-order valence-electron chi connectivity index (χ2n) is 6.21. The normalized spacial score (nSPS) is 13.8. The van der Waals surface area contributed by atoms with E-state index in [9.17, 15) is 5.11 Å². The van der Waals surface area contributed by atoms with Crippen LogP contribution >= 0.6 is 0 Å². The van der Waals surface area contributed by atoms with Crippen molar-refractivity contribution in [3.05, 3.63) is 71.3 Å². The van der Waals surface area contributed by atoms with Crippen LogP contribution in [0.15, 0.2) is 48.7 Å². The number of nitrogens with one attached hydrogen (secondary N) is 1. The van der Waals surface area contributed by atoms with Gasteiger partial charge in [-0.3, -0.25) is 0 Å². The number of fused-ring (bicyclic) bond motifs is 1. The highest BCUT2D eigenvalue weighted by atomic mass is 16.3. The van der Waals surface area contributed by atoms with E-state index in [2.05, 4.69) is 40.4 Å². The molecule has 0 aliphatic heterocycles. The van der Waals surface area contributed by atoms with Crippen LogP contribution in [0, 0.1) is 13.8 Å². The summed E-state index contributed by atoms with van der Waals surface area (Å²) < 4.78 is 0. The van der Waals surface area contributed by atoms with Crippen LogP contribution in [0.25, 0.3) is 10.8 Å². The molecule has 0 saturated heterocycles. The van der Waals surface area contributed by atoms with Crippen molar-refractivity contribution < 1.29 is 5.11 Å². The highest BCUT2D eigenvalue weighted by molar-refractivity contribution is 5.83. The Kier molecular flexibility index (Phi) is 4.88. The average molecular weight is 321 g/mol. The lowest BCUT2D eigenvalue weighted by Gasteiger charge is -2.19. The molecule has 4 heteroatoms. The van der Waals surface area contributed by atoms with Gasteiger partial charge in [-0.15, -0.1) is 0 Å². The monoisotopic (exact) mass is 321 g/mol. The Morgan fingerprint density at radius 1 is 1.08 bits per heavy atom. The number of benzene rings is 2. The van der Waals surface area contributed by atoms with Gasteiger partial charge >= 0.3 is 0 Å². The SMILES string of the molecule is Cc1ncc(C(C)NCC(O)c2ccc3ccccc3c2)c(C)n1. The van der Waals surface area contributed by atoms with Crippen LogP contribution in [0.4, 0.5) is 0 Å². The van der Waals surface area contributed by atoms with Crippen molar-refractivity contribution >= 4 is 10.8 Å². The first-order chi connectivity index (χ1) is 11.5. The van der Waals surface area contributed by atoms with Gasteiger partial charge in [0.25, 0.3) is 0 Å². The number of nitrogens with zero attached hydrogens (tertiary/aromatic N) is 2. The van der Waals surface area contributed by atoms with Gasteiger partial charge in [0.1, 0.15) is 5.82 Å². The van der Waals surface area contributed by atoms with Crippen molar-refractivity contribution in [1.82, 2.24) is 15.3 Å². The number of hydrogen-bond acceptors (Lipinski definition) is 4. The Hall–Kier alpha value is -2.30. The van der Waals surface area contributed by atoms with Crippen LogP contribution in [0.2, 0.25) is 0 Å². The molecule has 1 heterocycles. The minimum atomic E-state index is -0.552. The van der Waals surface area contributed by atoms with Crippen LogP contribution in [-0.2, 0) is 0 Å². The van der Waals surface area contributed by atoms with E-state index in [-0.39, 0.29) is 6.04 Å². The second kappa shape index (κ2) is 7.07. The number of aromatic nitrogens is 2. The van der Waals surface area contributed by atoms with Crippen molar-refractivity contribution in [3.63, 3.8) is 0 Å². The van der Waals surface area contributed by atoms with Crippen molar-refractivity contribution in [3.8, 4) is 0 Å². The predicted octanol–water partition coefficient (Wildman–Crippen LogP) is 3.63. The van der Waals surface area contributed by atoms with Gasteiger partial charge in [0.05, 0.1) is 6.10 Å². The number of rotatable bonds is 5. The molecule has 0 fully saturated rings. The van der Waals surface area contributed by atoms with E-state index < -0.39 is 6.10 Å². The van der Waals surface area contributed by atoms with Gasteiger partial charge < -0.3 is 10.4 Å². The number of aliphatic hydroxyl groups is 1. The Bertz CT molecular complexity index is 847. The molecule has 0 bridgehead atoms. The zero-order valence-electron chi connectivity index (χ0n) is 14.3. The summed E-state index contributed by atoms with van der Waals surface area (Å²) in [6, 6.07) is 14.3. The molecule has 0 radical (unpaired) electrons. The minimum absolute atomic E-state index is 0.0840. The zero-order valence-corrected chi connectivity index (χ0v) is 14.3. The first-order valence-corrected chi connectivity index (χ1v) is 8.25. The van der Waals surface area contributed by atoms with Crippen LogP contribution in [-0.4, -0.2) is 21.6 Å². The molecule has 0 aliphatic carbocycles. The van der Waals surface area contributed by atoms with E-state index in [0.29, 0.717) is 6.54 Å². The molecule has 2 N–H and O–H groups in total. The van der Waals surface area contributed by atoms with Crippen LogP contribution in [0.1, 0.15) is 41.7 Å². The van der Waals surface area contributed by atoms with Gasteiger partial charge in [-0.2, -0.15) is 0 Å². The third kappa shape index (κ3) is 3.61. The standard InChI is InChI=1S/C20H23N3O/c1-13(19-11-22-15(3)23-14(19)2)21-12-20(24)18-9-8-16-6-4-5-7-17(16)10-18/h4-11,13,20-21,24H,12H2,1-3H3. The molecule has 2 aromatic carbocycles. The van der Waals surface area contributed by atoms with Crippen LogP contribution in [0.3, 0.4) is 0 Å². The average Bonchev–Trinajstić information content (AvgIpc) is 2.59. The Labute approximate surface area is 142 Å². The van der Waals surface area contributed by atoms with Gasteiger partial charge in [-0.05, 0) is 43.2 Å². The van der Waals surface area contributed by atoms with E-state index in [1.165, 1.54) is 5.39 Å². The number of aliphatic hydroxyl groups excluding tert-OH is 1. The summed E-state index contributed by atoms with van der Waals surface area (Å²) in [6.45, 7) is 6.42. The first kappa shape index (κ1) is 16.6. The molecule has 0 saturated carbocycles. The largest absolute Gasteiger partial charge is 0.387 e. The zero-order chi connectivity index (χ0) is 17.1. The lowest BCUT2D eigenvalue weighted by molar-refractivity contribution is 0.171. The van der Waals surface area contributed by atoms with E-state index in [1.807, 2.05) is 44.3 Å². The highest BCUT2D eigenvalue weighted by Gasteiger charge is 2.13. The van der Waals surface area contributed by atoms with E-state index in [0.717, 1.165) is 28.0 Å². The fraction of sp³-hybridized carbons (Fsp3) is 0.300. The van der Waals surface area contributed by atoms with Gasteiger partial charge in [0.15, 0.2) is 0 Å². The molecule has 0 spiro atoms. The molecule has 0 aliphatic rings. The maximum atomic E-state index is 10.5. The van der Waals surface area contributed by atoms with Crippen molar-refractivity contribution in [2.45, 2.75) is 32.9 Å². The van der Waals surface area contributed by atoms with E-state index in [4.69, 9.17) is 0 Å². The summed E-state index contributed by atoms with van der Waals surface area (Å²) >= 11 is 0. The molecule has 3 aromatic rings. The highest BCUT2D eigenvalue weighted by Crippen LogP contribution is 2.21. The number of hydrogen-bond donors (Lipinski definition) is 2. The molecular formula is C20H23N3O. The molecule has 2 atom stereocenters. The fourth-order valence-electron chi connectivity index (χ4n) is 2.95. The predicted molar refractivity (Wildman–Crippen MR) is 96.8 cm³/mol. The summed E-state index contributed by atoms with van der Waals surface area (Å²) in [7, 11) is 0. The molecule has 124 valence electrons. The Morgan fingerprint density at radius 3 is 2.58 bits per heavy atom. The first-order valence-electron chi connectivity index (χ1n) is 8.25. The second-order valence-corrected chi connectivity index (χ2v) is 6.21. The topological polar surface area (TPSA) is 58.0 Å². The fourth-order valence-corrected chi connectivity index (χ4v) is 2.95. The summed E-state index contributed by atoms with van der Waals surface area (Å²) in [6.07, 6.45) is 1.31. The molecular weight excluding hydrogens is 298 g/mol. The summed E-state index contributed by atoms with van der Waals surface area (Å²) in [5, 5.41) is 16.2. The van der Waals surface area contributed by atoms with Gasteiger partial charge in [-0.1, -0.05) is 36.4 Å². The van der Waals surface area contributed by atoms with E-state index in [1.54, 1.807) is 0 Å². The Morgan fingerprint density at radius 2 is 1.83 bits per heavy atom. The quantitative estimate of drug-likeness (QED) is 0.753. The smallest absolute Gasteiger partial charge is 0.125 e. The lowest BCUT2D eigenvalue weighted by Crippen LogP contribution is -2.25. The summed E-state index contributed by atoms with van der Waals surface area (Å²) in [5.41, 5.74) is 2.96. The van der Waals surface area contributed by atoms with Gasteiger partial charge in [-0.25, -0.2) is 9.97 Å². The minimum Gasteiger partial charge on any atom is -0.387 e. The number of aryl methyl sites for hydroxylation is 2. The summed E-state index contributed by atoms with van der Waals surface area (Å²) in [4.78, 5) is 8.67. The maximum Gasteiger partial charge on any atom is 0.125 e. The molecule has 4 nitrogen and oxygen atoms in total. The van der Waals surface area contributed by atoms with Gasteiger partial charge in [0, 0.05) is 30.0 Å². The van der Waals surface area contributed by atoms with Crippen molar-refractivity contribution in [2.75, 3.05) is 6.54 Å². The lowest BCUT2D eigenvalue weighted by atomic mass is 10.0.